The average Bonchev–Trinajstić information content (AvgIpc) is 3.17. The van der Waals surface area contributed by atoms with Crippen LogP contribution in [0.4, 0.5) is 0 Å². The van der Waals surface area contributed by atoms with Gasteiger partial charge in [0.05, 0.1) is 31.2 Å². The van der Waals surface area contributed by atoms with Crippen LogP contribution in [0.2, 0.25) is 5.02 Å². The second-order valence-electron chi connectivity index (χ2n) is 7.95. The number of halogens is 1. The maximum atomic E-state index is 13.2. The van der Waals surface area contributed by atoms with Crippen molar-refractivity contribution in [2.24, 2.45) is 0 Å². The number of nitrogens with one attached hydrogen (secondary N) is 1. The smallest absolute Gasteiger partial charge is 0.265 e. The third kappa shape index (κ3) is 3.99. The molecule has 3 aromatic carbocycles. The molecule has 3 nitrogen and oxygen atoms in total. The number of amides is 1. The number of rotatable bonds is 4. The molecule has 1 N–H and O–H groups in total. The topological polar surface area (TPSA) is 24.8 Å². The van der Waals surface area contributed by atoms with Crippen LogP contribution in [0.25, 0.3) is 10.1 Å². The third-order valence-corrected chi connectivity index (χ3v) is 7.76. The summed E-state index contributed by atoms with van der Waals surface area (Å²) in [5, 5.41) is 1.56. The van der Waals surface area contributed by atoms with E-state index in [9.17, 15) is 4.79 Å². The Bertz CT molecular complexity index is 1140. The van der Waals surface area contributed by atoms with E-state index in [4.69, 9.17) is 11.6 Å². The van der Waals surface area contributed by atoms with Crippen LogP contribution in [0.1, 0.15) is 26.8 Å². The number of thiophene rings is 1. The molecule has 1 fully saturated rings. The fourth-order valence-electron chi connectivity index (χ4n) is 4.54. The van der Waals surface area contributed by atoms with Crippen molar-refractivity contribution in [3.63, 3.8) is 0 Å². The van der Waals surface area contributed by atoms with E-state index in [1.165, 1.54) is 27.4 Å². The number of hydrogen-bond donors (Lipinski definition) is 1. The highest BCUT2D eigenvalue weighted by Crippen LogP contribution is 2.35. The van der Waals surface area contributed by atoms with Gasteiger partial charge in [0.2, 0.25) is 0 Å². The lowest BCUT2D eigenvalue weighted by Gasteiger charge is -2.37. The number of quaternary nitrogens is 1. The number of carbonyl (C=O) groups excluding carboxylic acids is 1. The summed E-state index contributed by atoms with van der Waals surface area (Å²) in [6, 6.07) is 29.6. The molecule has 31 heavy (non-hydrogen) atoms. The van der Waals surface area contributed by atoms with Crippen LogP contribution in [-0.4, -0.2) is 37.0 Å². The van der Waals surface area contributed by atoms with Crippen LogP contribution < -0.4 is 4.90 Å². The Kier molecular flexibility index (Phi) is 5.77. The molecule has 0 saturated carbocycles. The molecular formula is C26H24ClN2OS+. The zero-order valence-corrected chi connectivity index (χ0v) is 18.7. The van der Waals surface area contributed by atoms with Gasteiger partial charge in [-0.25, -0.2) is 0 Å². The molecule has 5 rings (SSSR count). The van der Waals surface area contributed by atoms with Gasteiger partial charge in [-0.1, -0.05) is 90.5 Å². The van der Waals surface area contributed by atoms with E-state index in [1.54, 1.807) is 0 Å². The lowest BCUT2D eigenvalue weighted by molar-refractivity contribution is -0.929. The van der Waals surface area contributed by atoms with E-state index in [0.717, 1.165) is 36.3 Å². The first kappa shape index (κ1) is 20.3. The molecule has 156 valence electrons. The molecule has 4 aromatic rings. The number of piperazine rings is 1. The van der Waals surface area contributed by atoms with E-state index in [2.05, 4.69) is 60.7 Å². The predicted octanol–water partition coefficient (Wildman–Crippen LogP) is 4.69. The Morgan fingerprint density at radius 3 is 1.97 bits per heavy atom. The number of nitrogens with zero attached hydrogens (tertiary/aromatic N) is 1. The van der Waals surface area contributed by atoms with Gasteiger partial charge in [0.1, 0.15) is 10.9 Å². The lowest BCUT2D eigenvalue weighted by atomic mass is 9.96. The average molecular weight is 448 g/mol. The van der Waals surface area contributed by atoms with Crippen LogP contribution in [-0.2, 0) is 0 Å². The van der Waals surface area contributed by atoms with Crippen molar-refractivity contribution in [2.45, 2.75) is 6.04 Å². The lowest BCUT2D eigenvalue weighted by Crippen LogP contribution is -3.15. The van der Waals surface area contributed by atoms with Gasteiger partial charge >= 0.3 is 0 Å². The normalized spacial score (nSPS) is 15.0. The second kappa shape index (κ2) is 8.83. The maximum absolute atomic E-state index is 13.2. The van der Waals surface area contributed by atoms with Crippen molar-refractivity contribution < 1.29 is 9.69 Å². The van der Waals surface area contributed by atoms with Gasteiger partial charge in [-0.15, -0.1) is 11.3 Å². The third-order valence-electron chi connectivity index (χ3n) is 6.10. The Morgan fingerprint density at radius 2 is 1.39 bits per heavy atom. The standard InChI is InChI=1S/C26H23ClN2OS/c27-23-21-13-7-8-14-22(21)31-25(23)26(30)29-17-15-28(16-18-29)24(19-9-3-1-4-10-19)20-11-5-2-6-12-20/h1-14,24H,15-18H2/p+1. The summed E-state index contributed by atoms with van der Waals surface area (Å²) >= 11 is 8.06. The van der Waals surface area contributed by atoms with Crippen LogP contribution in [0, 0.1) is 0 Å². The van der Waals surface area contributed by atoms with Crippen molar-refractivity contribution in [1.82, 2.24) is 4.90 Å². The number of carbonyl (C=O) groups is 1. The molecule has 1 aliphatic rings. The zero-order valence-electron chi connectivity index (χ0n) is 17.1. The molecule has 1 aromatic heterocycles. The summed E-state index contributed by atoms with van der Waals surface area (Å²) in [5.74, 6) is 0.0567. The fourth-order valence-corrected chi connectivity index (χ4v) is 6.02. The SMILES string of the molecule is O=C(c1sc2ccccc2c1Cl)N1CC[NH+](C(c2ccccc2)c2ccccc2)CC1. The Hall–Kier alpha value is -2.66. The first-order chi connectivity index (χ1) is 15.2. The molecule has 5 heteroatoms. The highest BCUT2D eigenvalue weighted by atomic mass is 35.5. The molecule has 1 aliphatic heterocycles. The summed E-state index contributed by atoms with van der Waals surface area (Å²) in [5.41, 5.74) is 2.63. The number of fused-ring (bicyclic) bond motifs is 1. The number of benzene rings is 3. The monoisotopic (exact) mass is 447 g/mol. The van der Waals surface area contributed by atoms with Gasteiger partial charge in [0.25, 0.3) is 5.91 Å². The highest BCUT2D eigenvalue weighted by Gasteiger charge is 2.32. The predicted molar refractivity (Wildman–Crippen MR) is 128 cm³/mol. The van der Waals surface area contributed by atoms with E-state index >= 15 is 0 Å². The molecule has 0 radical (unpaired) electrons. The minimum Gasteiger partial charge on any atom is -0.327 e. The molecule has 0 atom stereocenters. The Morgan fingerprint density at radius 1 is 0.839 bits per heavy atom. The van der Waals surface area contributed by atoms with Crippen molar-refractivity contribution in [3.8, 4) is 0 Å². The van der Waals surface area contributed by atoms with Gasteiger partial charge in [0, 0.05) is 21.2 Å². The van der Waals surface area contributed by atoms with Crippen molar-refractivity contribution in [1.29, 1.82) is 0 Å². The molecule has 0 aliphatic carbocycles. The minimum atomic E-state index is 0.0567. The molecule has 0 spiro atoms. The molecule has 1 amide bonds. The van der Waals surface area contributed by atoms with Gasteiger partial charge in [-0.3, -0.25) is 4.79 Å². The molecule has 0 unspecified atom stereocenters. The van der Waals surface area contributed by atoms with Crippen LogP contribution >= 0.6 is 22.9 Å². The summed E-state index contributed by atoms with van der Waals surface area (Å²) in [6.07, 6.45) is 0. The number of hydrogen-bond acceptors (Lipinski definition) is 2. The van der Waals surface area contributed by atoms with E-state index in [-0.39, 0.29) is 11.9 Å². The van der Waals surface area contributed by atoms with E-state index < -0.39 is 0 Å². The quantitative estimate of drug-likeness (QED) is 0.482. The summed E-state index contributed by atoms with van der Waals surface area (Å²) in [4.78, 5) is 17.4. The second-order valence-corrected chi connectivity index (χ2v) is 9.38. The van der Waals surface area contributed by atoms with Gasteiger partial charge in [0.15, 0.2) is 0 Å². The first-order valence-corrected chi connectivity index (χ1v) is 11.8. The molecule has 2 heterocycles. The summed E-state index contributed by atoms with van der Waals surface area (Å²) in [6.45, 7) is 3.27. The van der Waals surface area contributed by atoms with E-state index in [1.807, 2.05) is 29.2 Å². The minimum absolute atomic E-state index is 0.0567. The molecule has 0 bridgehead atoms. The fraction of sp³-hybridized carbons (Fsp3) is 0.192. The summed E-state index contributed by atoms with van der Waals surface area (Å²) in [7, 11) is 0. The van der Waals surface area contributed by atoms with Crippen molar-refractivity contribution in [3.05, 3.63) is 106 Å². The van der Waals surface area contributed by atoms with Crippen molar-refractivity contribution in [2.75, 3.05) is 26.2 Å². The van der Waals surface area contributed by atoms with E-state index in [0.29, 0.717) is 9.90 Å². The largest absolute Gasteiger partial charge is 0.327 e. The summed E-state index contributed by atoms with van der Waals surface area (Å²) < 4.78 is 1.06. The zero-order chi connectivity index (χ0) is 21.2. The van der Waals surface area contributed by atoms with Gasteiger partial charge in [-0.05, 0) is 6.07 Å². The van der Waals surface area contributed by atoms with Crippen LogP contribution in [0.5, 0.6) is 0 Å². The first-order valence-electron chi connectivity index (χ1n) is 10.6. The van der Waals surface area contributed by atoms with Gasteiger partial charge < -0.3 is 9.80 Å². The van der Waals surface area contributed by atoms with Crippen LogP contribution in [0.3, 0.4) is 0 Å². The maximum Gasteiger partial charge on any atom is 0.265 e. The van der Waals surface area contributed by atoms with Gasteiger partial charge in [-0.2, -0.15) is 0 Å². The molecular weight excluding hydrogens is 424 g/mol. The van der Waals surface area contributed by atoms with Crippen LogP contribution in [0.15, 0.2) is 84.9 Å². The highest BCUT2D eigenvalue weighted by molar-refractivity contribution is 7.21. The van der Waals surface area contributed by atoms with Crippen molar-refractivity contribution >= 4 is 38.9 Å². The Labute approximate surface area is 191 Å². The molecule has 1 saturated heterocycles. The Balaban J connectivity index is 1.36.